The van der Waals surface area contributed by atoms with E-state index in [-0.39, 0.29) is 11.7 Å². The molecule has 1 aromatic heterocycles. The molecule has 5 heteroatoms. The Labute approximate surface area is 164 Å². The first-order valence-electron chi connectivity index (χ1n) is 9.86. The zero-order valence-corrected chi connectivity index (χ0v) is 16.6. The highest BCUT2D eigenvalue weighted by Crippen LogP contribution is 2.29. The Morgan fingerprint density at radius 1 is 1.00 bits per heavy atom. The molecule has 0 bridgehead atoms. The molecule has 4 rings (SSSR count). The van der Waals surface area contributed by atoms with Crippen LogP contribution in [0.25, 0.3) is 10.4 Å². The second-order valence-electron chi connectivity index (χ2n) is 7.60. The molecule has 0 aliphatic carbocycles. The fourth-order valence-corrected chi connectivity index (χ4v) is 5.09. The molecule has 1 amide bonds. The van der Waals surface area contributed by atoms with Gasteiger partial charge in [-0.05, 0) is 75.5 Å². The topological polar surface area (TPSA) is 40.6 Å². The van der Waals surface area contributed by atoms with E-state index in [1.54, 1.807) is 6.92 Å². The van der Waals surface area contributed by atoms with E-state index in [0.29, 0.717) is 6.04 Å². The van der Waals surface area contributed by atoms with E-state index in [1.807, 2.05) is 36.4 Å². The number of hydrogen-bond donors (Lipinski definition) is 0. The van der Waals surface area contributed by atoms with Crippen molar-refractivity contribution in [3.63, 3.8) is 0 Å². The molecule has 1 atom stereocenters. The van der Waals surface area contributed by atoms with Crippen molar-refractivity contribution in [2.75, 3.05) is 26.2 Å². The number of carbonyl (C=O) groups excluding carboxylic acids is 2. The predicted molar refractivity (Wildman–Crippen MR) is 109 cm³/mol. The van der Waals surface area contributed by atoms with Gasteiger partial charge in [-0.25, -0.2) is 0 Å². The lowest BCUT2D eigenvalue weighted by Crippen LogP contribution is -2.42. The number of benzene rings is 1. The van der Waals surface area contributed by atoms with Crippen LogP contribution in [-0.4, -0.2) is 53.7 Å². The van der Waals surface area contributed by atoms with Crippen LogP contribution in [0.4, 0.5) is 0 Å². The summed E-state index contributed by atoms with van der Waals surface area (Å²) >= 11 is 1.50. The molecule has 0 N–H and O–H groups in total. The molecular formula is C22H26N2O2S. The zero-order chi connectivity index (χ0) is 18.8. The first-order valence-corrected chi connectivity index (χ1v) is 10.7. The van der Waals surface area contributed by atoms with E-state index in [4.69, 9.17) is 0 Å². The average Bonchev–Trinajstić information content (AvgIpc) is 3.43. The largest absolute Gasteiger partial charge is 0.334 e. The lowest BCUT2D eigenvalue weighted by Gasteiger charge is -2.28. The Balaban J connectivity index is 1.45. The monoisotopic (exact) mass is 382 g/mol. The average molecular weight is 383 g/mol. The number of hydrogen-bond acceptors (Lipinski definition) is 4. The van der Waals surface area contributed by atoms with E-state index in [9.17, 15) is 9.59 Å². The third-order valence-corrected chi connectivity index (χ3v) is 6.91. The predicted octanol–water partition coefficient (Wildman–Crippen LogP) is 4.32. The highest BCUT2D eigenvalue weighted by atomic mass is 32.1. The van der Waals surface area contributed by atoms with Crippen LogP contribution in [0.1, 0.15) is 52.6 Å². The molecule has 0 unspecified atom stereocenters. The van der Waals surface area contributed by atoms with Crippen molar-refractivity contribution >= 4 is 23.0 Å². The number of carbonyl (C=O) groups is 2. The molecule has 2 aromatic rings. The molecule has 142 valence electrons. The van der Waals surface area contributed by atoms with Crippen LogP contribution in [0.2, 0.25) is 0 Å². The Kier molecular flexibility index (Phi) is 5.41. The fraction of sp³-hybridized carbons (Fsp3) is 0.455. The Hall–Kier alpha value is -1.98. The first kappa shape index (κ1) is 18.4. The maximum absolute atomic E-state index is 13.0. The number of ketones is 1. The summed E-state index contributed by atoms with van der Waals surface area (Å²) in [5.41, 5.74) is 1.81. The number of thiophene rings is 1. The van der Waals surface area contributed by atoms with Crippen LogP contribution in [0, 0.1) is 0 Å². The van der Waals surface area contributed by atoms with Crippen molar-refractivity contribution in [2.45, 2.75) is 38.6 Å². The van der Waals surface area contributed by atoms with Crippen molar-refractivity contribution in [3.05, 3.63) is 46.8 Å². The Morgan fingerprint density at radius 2 is 1.74 bits per heavy atom. The highest BCUT2D eigenvalue weighted by molar-refractivity contribution is 7.17. The van der Waals surface area contributed by atoms with Crippen molar-refractivity contribution < 1.29 is 9.59 Å². The van der Waals surface area contributed by atoms with Gasteiger partial charge in [-0.15, -0.1) is 11.3 Å². The quantitative estimate of drug-likeness (QED) is 0.723. The number of amides is 1. The second-order valence-corrected chi connectivity index (χ2v) is 8.68. The molecule has 2 aliphatic rings. The summed E-state index contributed by atoms with van der Waals surface area (Å²) in [7, 11) is 0. The van der Waals surface area contributed by atoms with E-state index in [1.165, 1.54) is 37.3 Å². The van der Waals surface area contributed by atoms with Crippen LogP contribution in [0.3, 0.4) is 0 Å². The van der Waals surface area contributed by atoms with Gasteiger partial charge in [0.1, 0.15) is 0 Å². The SMILES string of the molecule is CC(=O)c1ccc(-c2ccc(C(=O)N3CCC[C@H]3CN3CCCC3)cc2)s1. The van der Waals surface area contributed by atoms with Crippen LogP contribution in [0.15, 0.2) is 36.4 Å². The second kappa shape index (κ2) is 7.95. The van der Waals surface area contributed by atoms with Crippen molar-refractivity contribution in [1.29, 1.82) is 0 Å². The van der Waals surface area contributed by atoms with Crippen molar-refractivity contribution in [2.24, 2.45) is 0 Å². The summed E-state index contributed by atoms with van der Waals surface area (Å²) in [6, 6.07) is 12.0. The van der Waals surface area contributed by atoms with Gasteiger partial charge in [0.15, 0.2) is 5.78 Å². The summed E-state index contributed by atoms with van der Waals surface area (Å²) in [6.45, 7) is 5.83. The minimum atomic E-state index is 0.0936. The molecular weight excluding hydrogens is 356 g/mol. The first-order chi connectivity index (χ1) is 13.1. The van der Waals surface area contributed by atoms with Crippen LogP contribution in [-0.2, 0) is 0 Å². The highest BCUT2D eigenvalue weighted by Gasteiger charge is 2.31. The summed E-state index contributed by atoms with van der Waals surface area (Å²) in [5.74, 6) is 0.245. The van der Waals surface area contributed by atoms with Gasteiger partial charge < -0.3 is 9.80 Å². The van der Waals surface area contributed by atoms with Gasteiger partial charge in [0, 0.05) is 29.6 Å². The molecule has 2 fully saturated rings. The van der Waals surface area contributed by atoms with E-state index < -0.39 is 0 Å². The Morgan fingerprint density at radius 3 is 2.41 bits per heavy atom. The lowest BCUT2D eigenvalue weighted by molar-refractivity contribution is 0.0708. The number of rotatable bonds is 5. The maximum Gasteiger partial charge on any atom is 0.254 e. The van der Waals surface area contributed by atoms with Gasteiger partial charge in [0.25, 0.3) is 5.91 Å². The summed E-state index contributed by atoms with van der Waals surface area (Å²) < 4.78 is 0. The molecule has 0 radical (unpaired) electrons. The standard InChI is InChI=1S/C22H26N2O2S/c1-16(25)20-10-11-21(27-20)17-6-8-18(9-7-17)22(26)24-14-4-5-19(24)15-23-12-2-3-13-23/h6-11,19H,2-5,12-15H2,1H3/t19-/m0/s1. The minimum Gasteiger partial charge on any atom is -0.334 e. The minimum absolute atomic E-state index is 0.0936. The maximum atomic E-state index is 13.0. The molecule has 27 heavy (non-hydrogen) atoms. The smallest absolute Gasteiger partial charge is 0.254 e. The van der Waals surface area contributed by atoms with E-state index in [2.05, 4.69) is 9.80 Å². The van der Waals surface area contributed by atoms with Crippen LogP contribution < -0.4 is 0 Å². The third-order valence-electron chi connectivity index (χ3n) is 5.67. The summed E-state index contributed by atoms with van der Waals surface area (Å²) in [6.07, 6.45) is 4.79. The fourth-order valence-electron chi connectivity index (χ4n) is 4.18. The van der Waals surface area contributed by atoms with Crippen molar-refractivity contribution in [1.82, 2.24) is 9.80 Å². The molecule has 0 spiro atoms. The summed E-state index contributed by atoms with van der Waals surface area (Å²) in [4.78, 5) is 30.9. The molecule has 1 aromatic carbocycles. The Bertz CT molecular complexity index is 821. The number of likely N-dealkylation sites (tertiary alicyclic amines) is 2. The van der Waals surface area contributed by atoms with Crippen LogP contribution in [0.5, 0.6) is 0 Å². The number of nitrogens with zero attached hydrogens (tertiary/aromatic N) is 2. The van der Waals surface area contributed by atoms with Gasteiger partial charge in [0.05, 0.1) is 4.88 Å². The summed E-state index contributed by atoms with van der Waals surface area (Å²) in [5, 5.41) is 0. The zero-order valence-electron chi connectivity index (χ0n) is 15.8. The van der Waals surface area contributed by atoms with Gasteiger partial charge >= 0.3 is 0 Å². The van der Waals surface area contributed by atoms with Crippen molar-refractivity contribution in [3.8, 4) is 10.4 Å². The van der Waals surface area contributed by atoms with E-state index >= 15 is 0 Å². The van der Waals surface area contributed by atoms with E-state index in [0.717, 1.165) is 46.8 Å². The molecule has 0 saturated carbocycles. The van der Waals surface area contributed by atoms with Gasteiger partial charge in [-0.1, -0.05) is 12.1 Å². The lowest BCUT2D eigenvalue weighted by atomic mass is 10.1. The van der Waals surface area contributed by atoms with Gasteiger partial charge in [0.2, 0.25) is 0 Å². The third kappa shape index (κ3) is 3.99. The molecule has 4 nitrogen and oxygen atoms in total. The van der Waals surface area contributed by atoms with Gasteiger partial charge in [-0.3, -0.25) is 9.59 Å². The normalized spacial score (nSPS) is 20.3. The molecule has 2 aliphatic heterocycles. The van der Waals surface area contributed by atoms with Crippen LogP contribution >= 0.6 is 11.3 Å². The molecule has 2 saturated heterocycles. The van der Waals surface area contributed by atoms with Gasteiger partial charge in [-0.2, -0.15) is 0 Å². The molecule has 3 heterocycles. The number of Topliss-reactive ketones (excluding diaryl/α,β-unsaturated/α-hetero) is 1.